The molecule has 0 amide bonds. The van der Waals surface area contributed by atoms with Crippen molar-refractivity contribution in [1.82, 2.24) is 0 Å². The highest BCUT2D eigenvalue weighted by molar-refractivity contribution is 5.79. The van der Waals surface area contributed by atoms with Crippen LogP contribution in [0.4, 0.5) is 4.79 Å². The van der Waals surface area contributed by atoms with Crippen molar-refractivity contribution in [3.63, 3.8) is 0 Å². The van der Waals surface area contributed by atoms with Gasteiger partial charge < -0.3 is 14.2 Å². The minimum absolute atomic E-state index is 0.240. The molecule has 5 nitrogen and oxygen atoms in total. The van der Waals surface area contributed by atoms with E-state index in [2.05, 4.69) is 9.47 Å². The summed E-state index contributed by atoms with van der Waals surface area (Å²) in [5.41, 5.74) is 0.398. The van der Waals surface area contributed by atoms with Gasteiger partial charge in [0.05, 0.1) is 12.2 Å². The molecule has 86 valence electrons. The molecule has 0 bridgehead atoms. The predicted octanol–water partition coefficient (Wildman–Crippen LogP) is 2.01. The molecule has 16 heavy (non-hydrogen) atoms. The maximum atomic E-state index is 10.8. The maximum absolute atomic E-state index is 10.8. The molecule has 1 aromatic rings. The van der Waals surface area contributed by atoms with Gasteiger partial charge >= 0.3 is 6.16 Å². The van der Waals surface area contributed by atoms with Gasteiger partial charge in [0.2, 0.25) is 6.79 Å². The summed E-state index contributed by atoms with van der Waals surface area (Å²) in [4.78, 5) is 21.4. The third kappa shape index (κ3) is 3.61. The van der Waals surface area contributed by atoms with E-state index in [1.807, 2.05) is 0 Å². The number of para-hydroxylation sites is 1. The second-order valence-electron chi connectivity index (χ2n) is 2.75. The molecule has 0 aliphatic rings. The summed E-state index contributed by atoms with van der Waals surface area (Å²) >= 11 is 0. The van der Waals surface area contributed by atoms with E-state index in [4.69, 9.17) is 4.74 Å². The Balaban J connectivity index is 2.42. The van der Waals surface area contributed by atoms with Crippen LogP contribution >= 0.6 is 0 Å². The Bertz CT molecular complexity index is 361. The standard InChI is InChI=1S/C11H12O5/c1-2-14-11(13)16-8-15-10-6-4-3-5-9(10)7-12/h3-7H,2,8H2,1H3. The van der Waals surface area contributed by atoms with E-state index in [-0.39, 0.29) is 13.4 Å². The van der Waals surface area contributed by atoms with Crippen LogP contribution in [0.15, 0.2) is 24.3 Å². The van der Waals surface area contributed by atoms with Crippen molar-refractivity contribution in [3.05, 3.63) is 29.8 Å². The molecule has 1 rings (SSSR count). The zero-order chi connectivity index (χ0) is 11.8. The van der Waals surface area contributed by atoms with Gasteiger partial charge in [-0.2, -0.15) is 0 Å². The third-order valence-corrected chi connectivity index (χ3v) is 1.70. The Morgan fingerprint density at radius 1 is 1.31 bits per heavy atom. The number of hydrogen-bond acceptors (Lipinski definition) is 5. The molecule has 5 heteroatoms. The van der Waals surface area contributed by atoms with Crippen LogP contribution in [0, 0.1) is 0 Å². The van der Waals surface area contributed by atoms with Crippen LogP contribution in [-0.2, 0) is 9.47 Å². The van der Waals surface area contributed by atoms with Crippen molar-refractivity contribution in [3.8, 4) is 5.75 Å². The number of carbonyl (C=O) groups is 2. The average Bonchev–Trinajstić information content (AvgIpc) is 2.30. The smallest absolute Gasteiger partial charge is 0.456 e. The molecule has 0 fully saturated rings. The second-order valence-corrected chi connectivity index (χ2v) is 2.75. The van der Waals surface area contributed by atoms with Gasteiger partial charge in [0.1, 0.15) is 5.75 Å². The number of carbonyl (C=O) groups excluding carboxylic acids is 2. The van der Waals surface area contributed by atoms with Crippen LogP contribution in [0.2, 0.25) is 0 Å². The molecule has 0 heterocycles. The molecule has 0 spiro atoms. The normalized spacial score (nSPS) is 9.31. The monoisotopic (exact) mass is 224 g/mol. The lowest BCUT2D eigenvalue weighted by molar-refractivity contribution is 0.00674. The minimum Gasteiger partial charge on any atom is -0.456 e. The number of benzene rings is 1. The summed E-state index contributed by atoms with van der Waals surface area (Å²) in [7, 11) is 0. The van der Waals surface area contributed by atoms with Crippen LogP contribution in [0.25, 0.3) is 0 Å². The maximum Gasteiger partial charge on any atom is 0.511 e. The topological polar surface area (TPSA) is 61.8 Å². The van der Waals surface area contributed by atoms with Crippen molar-refractivity contribution in [2.45, 2.75) is 6.92 Å². The molecule has 1 aromatic carbocycles. The van der Waals surface area contributed by atoms with Gasteiger partial charge in [-0.1, -0.05) is 12.1 Å². The summed E-state index contributed by atoms with van der Waals surface area (Å²) in [6.07, 6.45) is -0.134. The van der Waals surface area contributed by atoms with E-state index in [1.54, 1.807) is 31.2 Å². The molecular weight excluding hydrogens is 212 g/mol. The van der Waals surface area contributed by atoms with Crippen molar-refractivity contribution in [1.29, 1.82) is 0 Å². The molecule has 0 saturated heterocycles. The van der Waals surface area contributed by atoms with Gasteiger partial charge in [-0.05, 0) is 19.1 Å². The van der Waals surface area contributed by atoms with Crippen molar-refractivity contribution >= 4 is 12.4 Å². The highest BCUT2D eigenvalue weighted by Gasteiger charge is 2.04. The molecule has 0 aliphatic carbocycles. The summed E-state index contributed by atoms with van der Waals surface area (Å²) in [6, 6.07) is 6.64. The van der Waals surface area contributed by atoms with E-state index in [0.29, 0.717) is 17.6 Å². The number of rotatable bonds is 5. The second kappa shape index (κ2) is 6.44. The Kier molecular flexibility index (Phi) is 4.85. The first-order valence-electron chi connectivity index (χ1n) is 4.74. The van der Waals surface area contributed by atoms with Gasteiger partial charge in [-0.15, -0.1) is 0 Å². The van der Waals surface area contributed by atoms with Gasteiger partial charge in [0.15, 0.2) is 6.29 Å². The van der Waals surface area contributed by atoms with E-state index in [0.717, 1.165) is 0 Å². The fourth-order valence-corrected chi connectivity index (χ4v) is 1.01. The zero-order valence-corrected chi connectivity index (χ0v) is 8.84. The largest absolute Gasteiger partial charge is 0.511 e. The van der Waals surface area contributed by atoms with E-state index in [9.17, 15) is 9.59 Å². The van der Waals surface area contributed by atoms with E-state index in [1.165, 1.54) is 0 Å². The van der Waals surface area contributed by atoms with Crippen LogP contribution in [-0.4, -0.2) is 25.8 Å². The number of aldehydes is 1. The Hall–Kier alpha value is -2.04. The Morgan fingerprint density at radius 2 is 2.06 bits per heavy atom. The molecule has 0 N–H and O–H groups in total. The summed E-state index contributed by atoms with van der Waals surface area (Å²) < 4.78 is 14.2. The highest BCUT2D eigenvalue weighted by Crippen LogP contribution is 2.15. The highest BCUT2D eigenvalue weighted by atomic mass is 16.8. The molecule has 0 aromatic heterocycles. The lowest BCUT2D eigenvalue weighted by atomic mass is 10.2. The number of ether oxygens (including phenoxy) is 3. The zero-order valence-electron chi connectivity index (χ0n) is 8.84. The first kappa shape index (κ1) is 12.0. The quantitative estimate of drug-likeness (QED) is 0.435. The first-order chi connectivity index (χ1) is 7.77. The van der Waals surface area contributed by atoms with Crippen LogP contribution in [0.1, 0.15) is 17.3 Å². The summed E-state index contributed by atoms with van der Waals surface area (Å²) in [6.45, 7) is 1.62. The lowest BCUT2D eigenvalue weighted by Gasteiger charge is -2.08. The minimum atomic E-state index is -0.800. The Morgan fingerprint density at radius 3 is 2.75 bits per heavy atom. The van der Waals surface area contributed by atoms with Crippen LogP contribution < -0.4 is 4.74 Å². The summed E-state index contributed by atoms with van der Waals surface area (Å²) in [5, 5.41) is 0. The molecule has 0 unspecified atom stereocenters. The van der Waals surface area contributed by atoms with Crippen LogP contribution in [0.3, 0.4) is 0 Å². The van der Waals surface area contributed by atoms with Gasteiger partial charge in [-0.25, -0.2) is 4.79 Å². The Labute approximate surface area is 92.9 Å². The van der Waals surface area contributed by atoms with Gasteiger partial charge in [0, 0.05) is 0 Å². The van der Waals surface area contributed by atoms with E-state index < -0.39 is 6.16 Å². The first-order valence-corrected chi connectivity index (χ1v) is 4.74. The SMILES string of the molecule is CCOC(=O)OCOc1ccccc1C=O. The molecule has 0 atom stereocenters. The van der Waals surface area contributed by atoms with Gasteiger partial charge in [-0.3, -0.25) is 4.79 Å². The molecular formula is C11H12O5. The fraction of sp³-hybridized carbons (Fsp3) is 0.273. The lowest BCUT2D eigenvalue weighted by Crippen LogP contribution is -2.12. The summed E-state index contributed by atoms with van der Waals surface area (Å²) in [5.74, 6) is 0.363. The van der Waals surface area contributed by atoms with Crippen molar-refractivity contribution < 1.29 is 23.8 Å². The van der Waals surface area contributed by atoms with Crippen molar-refractivity contribution in [2.24, 2.45) is 0 Å². The molecule has 0 radical (unpaired) electrons. The predicted molar refractivity (Wildman–Crippen MR) is 55.4 cm³/mol. The number of hydrogen-bond donors (Lipinski definition) is 0. The fourth-order valence-electron chi connectivity index (χ4n) is 1.01. The van der Waals surface area contributed by atoms with Crippen molar-refractivity contribution in [2.75, 3.05) is 13.4 Å². The van der Waals surface area contributed by atoms with Crippen LogP contribution in [0.5, 0.6) is 5.75 Å². The third-order valence-electron chi connectivity index (χ3n) is 1.70. The average molecular weight is 224 g/mol. The molecule has 0 saturated carbocycles. The van der Waals surface area contributed by atoms with E-state index >= 15 is 0 Å². The van der Waals surface area contributed by atoms with Gasteiger partial charge in [0.25, 0.3) is 0 Å². The molecule has 0 aliphatic heterocycles.